The molecule has 2 aliphatic heterocycles. The van der Waals surface area contributed by atoms with E-state index < -0.39 is 29.8 Å². The normalized spacial score (nSPS) is 21.5. The number of hydrogen-bond donors (Lipinski definition) is 1. The van der Waals surface area contributed by atoms with Crippen LogP contribution in [0.1, 0.15) is 15.9 Å². The number of rotatable bonds is 3. The van der Waals surface area contributed by atoms with Gasteiger partial charge >= 0.3 is 5.97 Å². The Kier molecular flexibility index (Phi) is 4.20. The van der Waals surface area contributed by atoms with Crippen LogP contribution in [0.3, 0.4) is 0 Å². The molecule has 1 N–H and O–H groups in total. The van der Waals surface area contributed by atoms with E-state index in [1.165, 1.54) is 6.07 Å². The molecule has 0 unspecified atom stereocenters. The Bertz CT molecular complexity index is 853. The van der Waals surface area contributed by atoms with Gasteiger partial charge in [0, 0.05) is 19.6 Å². The zero-order valence-corrected chi connectivity index (χ0v) is 14.2. The largest absolute Gasteiger partial charge is 0.478 e. The van der Waals surface area contributed by atoms with Crippen LogP contribution in [0, 0.1) is 11.6 Å². The van der Waals surface area contributed by atoms with Crippen molar-refractivity contribution in [2.24, 2.45) is 0 Å². The number of benzene rings is 2. The summed E-state index contributed by atoms with van der Waals surface area (Å²) in [5.41, 5.74) is 0.868. The van der Waals surface area contributed by atoms with Gasteiger partial charge in [-0.05, 0) is 29.8 Å². The zero-order valence-electron chi connectivity index (χ0n) is 13.4. The molecule has 0 amide bonds. The van der Waals surface area contributed by atoms with E-state index in [4.69, 9.17) is 26.2 Å². The predicted octanol–water partition coefficient (Wildman–Crippen LogP) is 3.34. The summed E-state index contributed by atoms with van der Waals surface area (Å²) < 4.78 is 39.0. The van der Waals surface area contributed by atoms with Crippen LogP contribution in [0.5, 0.6) is 11.5 Å². The molecule has 1 saturated heterocycles. The lowest BCUT2D eigenvalue weighted by molar-refractivity contribution is 0.0467. The van der Waals surface area contributed by atoms with Gasteiger partial charge in [0.1, 0.15) is 12.2 Å². The van der Waals surface area contributed by atoms with Gasteiger partial charge in [-0.15, -0.1) is 0 Å². The maximum atomic E-state index is 13.9. The lowest BCUT2D eigenvalue weighted by atomic mass is 10.1. The van der Waals surface area contributed by atoms with Crippen molar-refractivity contribution < 1.29 is 28.2 Å². The van der Waals surface area contributed by atoms with Gasteiger partial charge in [-0.25, -0.2) is 13.6 Å². The highest BCUT2D eigenvalue weighted by molar-refractivity contribution is 6.33. The molecular formula is C18H14ClF2NO4. The Morgan fingerprint density at radius 1 is 1.12 bits per heavy atom. The summed E-state index contributed by atoms with van der Waals surface area (Å²) in [5.74, 6) is -2.79. The molecule has 0 aliphatic carbocycles. The molecule has 2 atom stereocenters. The molecule has 26 heavy (non-hydrogen) atoms. The standard InChI is InChI=1S/C18H14ClF2NO4/c19-11-5-9(1-2-10(11)18(23)24)6-22-7-14-15(8-22)26-17-13(21)4-3-12(20)16(17)25-14/h1-5,14-15H,6-8H2,(H,23,24)/t14-,15+. The molecule has 0 bridgehead atoms. The third-order valence-electron chi connectivity index (χ3n) is 4.52. The molecule has 5 nitrogen and oxygen atoms in total. The van der Waals surface area contributed by atoms with Gasteiger partial charge in [-0.2, -0.15) is 0 Å². The average molecular weight is 382 g/mol. The fraction of sp³-hybridized carbons (Fsp3) is 0.278. The first-order valence-electron chi connectivity index (χ1n) is 7.98. The van der Waals surface area contributed by atoms with E-state index in [-0.39, 0.29) is 22.1 Å². The zero-order chi connectivity index (χ0) is 18.4. The Labute approximate surface area is 152 Å². The quantitative estimate of drug-likeness (QED) is 0.883. The van der Waals surface area contributed by atoms with Crippen molar-refractivity contribution >= 4 is 17.6 Å². The van der Waals surface area contributed by atoms with E-state index >= 15 is 0 Å². The summed E-state index contributed by atoms with van der Waals surface area (Å²) in [6.45, 7) is 1.43. The Hall–Kier alpha value is -2.38. The van der Waals surface area contributed by atoms with E-state index in [2.05, 4.69) is 0 Å². The Morgan fingerprint density at radius 2 is 1.69 bits per heavy atom. The number of ether oxygens (including phenoxy) is 2. The number of fused-ring (bicyclic) bond motifs is 2. The van der Waals surface area contributed by atoms with Gasteiger partial charge in [0.25, 0.3) is 0 Å². The Morgan fingerprint density at radius 3 is 2.19 bits per heavy atom. The van der Waals surface area contributed by atoms with Crippen molar-refractivity contribution in [3.8, 4) is 11.5 Å². The molecule has 0 spiro atoms. The smallest absolute Gasteiger partial charge is 0.337 e. The summed E-state index contributed by atoms with van der Waals surface area (Å²) in [6, 6.07) is 6.76. The molecule has 4 rings (SSSR count). The number of carboxylic acid groups (broad SMARTS) is 1. The van der Waals surface area contributed by atoms with Crippen LogP contribution < -0.4 is 9.47 Å². The molecular weight excluding hydrogens is 368 g/mol. The second-order valence-electron chi connectivity index (χ2n) is 6.31. The van der Waals surface area contributed by atoms with Crippen LogP contribution in [0.25, 0.3) is 0 Å². The number of hydrogen-bond acceptors (Lipinski definition) is 4. The van der Waals surface area contributed by atoms with Gasteiger partial charge in [-0.3, -0.25) is 4.90 Å². The van der Waals surface area contributed by atoms with E-state index in [1.807, 2.05) is 4.90 Å². The third kappa shape index (κ3) is 2.97. The van der Waals surface area contributed by atoms with Crippen molar-refractivity contribution in [2.45, 2.75) is 18.8 Å². The minimum Gasteiger partial charge on any atom is -0.478 e. The van der Waals surface area contributed by atoms with Crippen LogP contribution in [-0.2, 0) is 6.54 Å². The van der Waals surface area contributed by atoms with Crippen LogP contribution in [0.15, 0.2) is 30.3 Å². The van der Waals surface area contributed by atoms with Crippen molar-refractivity contribution in [2.75, 3.05) is 13.1 Å². The molecule has 0 saturated carbocycles. The van der Waals surface area contributed by atoms with E-state index in [1.54, 1.807) is 12.1 Å². The minimum atomic E-state index is -1.09. The first kappa shape index (κ1) is 17.1. The van der Waals surface area contributed by atoms with Gasteiger partial charge in [0.15, 0.2) is 11.6 Å². The maximum Gasteiger partial charge on any atom is 0.337 e. The second-order valence-corrected chi connectivity index (χ2v) is 6.72. The summed E-state index contributed by atoms with van der Waals surface area (Å²) in [4.78, 5) is 13.0. The summed E-state index contributed by atoms with van der Waals surface area (Å²) in [5, 5.41) is 9.19. The van der Waals surface area contributed by atoms with Crippen molar-refractivity contribution in [1.82, 2.24) is 4.90 Å². The summed E-state index contributed by atoms with van der Waals surface area (Å²) in [6.07, 6.45) is -0.819. The van der Waals surface area contributed by atoms with Crippen LogP contribution in [-0.4, -0.2) is 41.3 Å². The summed E-state index contributed by atoms with van der Waals surface area (Å²) >= 11 is 6.00. The van der Waals surface area contributed by atoms with Crippen LogP contribution in [0.4, 0.5) is 8.78 Å². The average Bonchev–Trinajstić information content (AvgIpc) is 2.98. The van der Waals surface area contributed by atoms with Gasteiger partial charge in [-0.1, -0.05) is 17.7 Å². The molecule has 136 valence electrons. The highest BCUT2D eigenvalue weighted by atomic mass is 35.5. The molecule has 1 fully saturated rings. The lowest BCUT2D eigenvalue weighted by Gasteiger charge is -2.28. The molecule has 2 aliphatic rings. The van der Waals surface area contributed by atoms with Crippen molar-refractivity contribution in [1.29, 1.82) is 0 Å². The number of aromatic carboxylic acids is 1. The molecule has 2 aromatic carbocycles. The van der Waals surface area contributed by atoms with Crippen molar-refractivity contribution in [3.63, 3.8) is 0 Å². The minimum absolute atomic E-state index is 0.0403. The molecule has 8 heteroatoms. The van der Waals surface area contributed by atoms with Crippen LogP contribution in [0.2, 0.25) is 5.02 Å². The summed E-state index contributed by atoms with van der Waals surface area (Å²) in [7, 11) is 0. The first-order valence-corrected chi connectivity index (χ1v) is 8.35. The fourth-order valence-electron chi connectivity index (χ4n) is 3.30. The Balaban J connectivity index is 1.49. The highest BCUT2D eigenvalue weighted by Gasteiger charge is 2.42. The molecule has 2 heterocycles. The third-order valence-corrected chi connectivity index (χ3v) is 4.83. The van der Waals surface area contributed by atoms with Gasteiger partial charge in [0.2, 0.25) is 11.5 Å². The number of likely N-dealkylation sites (tertiary alicyclic amines) is 1. The first-order chi connectivity index (χ1) is 12.4. The fourth-order valence-corrected chi connectivity index (χ4v) is 3.58. The molecule has 0 radical (unpaired) electrons. The topological polar surface area (TPSA) is 59.0 Å². The van der Waals surface area contributed by atoms with E-state index in [9.17, 15) is 13.6 Å². The predicted molar refractivity (Wildman–Crippen MR) is 88.9 cm³/mol. The number of halogens is 3. The maximum absolute atomic E-state index is 13.9. The number of nitrogens with zero attached hydrogens (tertiary/aromatic N) is 1. The SMILES string of the molecule is O=C(O)c1ccc(CN2C[C@@H]3Oc4c(F)ccc(F)c4O[C@@H]3C2)cc1Cl. The highest BCUT2D eigenvalue weighted by Crippen LogP contribution is 2.40. The van der Waals surface area contributed by atoms with Crippen molar-refractivity contribution in [3.05, 3.63) is 58.1 Å². The number of carboxylic acids is 1. The molecule has 0 aromatic heterocycles. The van der Waals surface area contributed by atoms with E-state index in [0.717, 1.165) is 17.7 Å². The monoisotopic (exact) mass is 381 g/mol. The van der Waals surface area contributed by atoms with E-state index in [0.29, 0.717) is 19.6 Å². The van der Waals surface area contributed by atoms with Gasteiger partial charge < -0.3 is 14.6 Å². The number of carbonyl (C=O) groups is 1. The molecule has 2 aromatic rings. The second kappa shape index (κ2) is 6.41. The lowest BCUT2D eigenvalue weighted by Crippen LogP contribution is -2.39. The van der Waals surface area contributed by atoms with Gasteiger partial charge in [0.05, 0.1) is 10.6 Å². The van der Waals surface area contributed by atoms with Crippen LogP contribution >= 0.6 is 11.6 Å².